The summed E-state index contributed by atoms with van der Waals surface area (Å²) in [6.45, 7) is 6.59. The molecule has 0 aromatic carbocycles. The fourth-order valence-corrected chi connectivity index (χ4v) is 0.800. The lowest BCUT2D eigenvalue weighted by molar-refractivity contribution is 0.342. The van der Waals surface area contributed by atoms with Gasteiger partial charge in [-0.2, -0.15) is 0 Å². The predicted octanol–water partition coefficient (Wildman–Crippen LogP) is 2.61. The summed E-state index contributed by atoms with van der Waals surface area (Å²) < 4.78 is 2.13. The molecule has 0 spiro atoms. The van der Waals surface area contributed by atoms with Gasteiger partial charge in [-0.05, 0) is 20.3 Å². The van der Waals surface area contributed by atoms with Crippen LogP contribution >= 0.6 is 17.0 Å². The summed E-state index contributed by atoms with van der Waals surface area (Å²) in [6.07, 6.45) is 6.81. The van der Waals surface area contributed by atoms with Crippen LogP contribution in [0.4, 0.5) is 0 Å². The Morgan fingerprint density at radius 3 is 2.45 bits per heavy atom. The van der Waals surface area contributed by atoms with Crippen LogP contribution in [-0.2, 0) is 5.54 Å². The van der Waals surface area contributed by atoms with E-state index in [-0.39, 0.29) is 22.5 Å². The second kappa shape index (κ2) is 3.90. The lowest BCUT2D eigenvalue weighted by Gasteiger charge is -2.24. The van der Waals surface area contributed by atoms with Crippen LogP contribution in [0.3, 0.4) is 0 Å². The van der Waals surface area contributed by atoms with Crippen LogP contribution in [0.15, 0.2) is 18.7 Å². The predicted molar refractivity (Wildman–Crippen MR) is 52.2 cm³/mol. The first-order valence-electron chi connectivity index (χ1n) is 3.65. The van der Waals surface area contributed by atoms with Crippen molar-refractivity contribution in [3.63, 3.8) is 0 Å². The van der Waals surface area contributed by atoms with Crippen LogP contribution < -0.4 is 0 Å². The molecule has 0 aliphatic carbocycles. The molecule has 64 valence electrons. The first-order valence-corrected chi connectivity index (χ1v) is 3.65. The number of halogens is 1. The first kappa shape index (κ1) is 10.7. The number of hydrogen-bond acceptors (Lipinski definition) is 1. The van der Waals surface area contributed by atoms with Gasteiger partial charge in [0.1, 0.15) is 0 Å². The second-order valence-electron chi connectivity index (χ2n) is 3.14. The molecule has 0 bridgehead atoms. The Bertz CT molecular complexity index is 192. The molecular weight excluding hydrogens is 204 g/mol. The molecule has 0 N–H and O–H groups in total. The minimum absolute atomic E-state index is 0. The molecule has 3 heteroatoms. The molecule has 0 aliphatic heterocycles. The SMILES string of the molecule is Br.CCC(C)(C)n1ccnc1. The van der Waals surface area contributed by atoms with Gasteiger partial charge < -0.3 is 4.57 Å². The van der Waals surface area contributed by atoms with Crippen molar-refractivity contribution in [3.05, 3.63) is 18.7 Å². The fraction of sp³-hybridized carbons (Fsp3) is 0.625. The van der Waals surface area contributed by atoms with Gasteiger partial charge in [0.15, 0.2) is 0 Å². The number of nitrogens with zero attached hydrogens (tertiary/aromatic N) is 2. The lowest BCUT2D eigenvalue weighted by atomic mass is 10.0. The molecule has 0 radical (unpaired) electrons. The van der Waals surface area contributed by atoms with Gasteiger partial charge in [0, 0.05) is 17.9 Å². The highest BCUT2D eigenvalue weighted by atomic mass is 79.9. The quantitative estimate of drug-likeness (QED) is 0.747. The van der Waals surface area contributed by atoms with Crippen molar-refractivity contribution < 1.29 is 0 Å². The number of imidazole rings is 1. The molecule has 0 atom stereocenters. The third-order valence-electron chi connectivity index (χ3n) is 2.07. The topological polar surface area (TPSA) is 17.8 Å². The highest BCUT2D eigenvalue weighted by Gasteiger charge is 2.15. The van der Waals surface area contributed by atoms with Gasteiger partial charge in [0.05, 0.1) is 6.33 Å². The molecule has 1 heterocycles. The van der Waals surface area contributed by atoms with Gasteiger partial charge >= 0.3 is 0 Å². The maximum atomic E-state index is 4.00. The van der Waals surface area contributed by atoms with E-state index in [1.54, 1.807) is 0 Å². The summed E-state index contributed by atoms with van der Waals surface area (Å²) in [5, 5.41) is 0. The average molecular weight is 219 g/mol. The van der Waals surface area contributed by atoms with Crippen LogP contribution in [0.25, 0.3) is 0 Å². The Hall–Kier alpha value is -0.310. The van der Waals surface area contributed by atoms with Gasteiger partial charge in [0.25, 0.3) is 0 Å². The van der Waals surface area contributed by atoms with E-state index in [0.717, 1.165) is 6.42 Å². The Balaban J connectivity index is 0.000001000. The molecule has 0 aliphatic rings. The number of rotatable bonds is 2. The molecule has 1 aromatic heterocycles. The Morgan fingerprint density at radius 1 is 1.45 bits per heavy atom. The largest absolute Gasteiger partial charge is 0.332 e. The van der Waals surface area contributed by atoms with Crippen molar-refractivity contribution in [1.29, 1.82) is 0 Å². The summed E-state index contributed by atoms with van der Waals surface area (Å²) in [6, 6.07) is 0. The highest BCUT2D eigenvalue weighted by Crippen LogP contribution is 2.17. The van der Waals surface area contributed by atoms with E-state index in [4.69, 9.17) is 0 Å². The molecule has 0 unspecified atom stereocenters. The summed E-state index contributed by atoms with van der Waals surface area (Å²) >= 11 is 0. The monoisotopic (exact) mass is 218 g/mol. The molecule has 1 rings (SSSR count). The molecule has 1 aromatic rings. The third-order valence-corrected chi connectivity index (χ3v) is 2.07. The van der Waals surface area contributed by atoms with Gasteiger partial charge in [0.2, 0.25) is 0 Å². The van der Waals surface area contributed by atoms with E-state index < -0.39 is 0 Å². The van der Waals surface area contributed by atoms with E-state index in [9.17, 15) is 0 Å². The summed E-state index contributed by atoms with van der Waals surface area (Å²) in [5.41, 5.74) is 0.219. The van der Waals surface area contributed by atoms with E-state index >= 15 is 0 Å². The second-order valence-corrected chi connectivity index (χ2v) is 3.14. The van der Waals surface area contributed by atoms with Crippen LogP contribution in [0.5, 0.6) is 0 Å². The Labute approximate surface area is 78.4 Å². The van der Waals surface area contributed by atoms with Crippen molar-refractivity contribution in [2.24, 2.45) is 0 Å². The van der Waals surface area contributed by atoms with Crippen molar-refractivity contribution in [2.75, 3.05) is 0 Å². The van der Waals surface area contributed by atoms with E-state index in [2.05, 4.69) is 30.3 Å². The van der Waals surface area contributed by atoms with Crippen molar-refractivity contribution in [3.8, 4) is 0 Å². The normalized spacial score (nSPS) is 10.8. The molecule has 0 fully saturated rings. The average Bonchev–Trinajstić information content (AvgIpc) is 2.38. The van der Waals surface area contributed by atoms with E-state index in [1.165, 1.54) is 0 Å². The standard InChI is InChI=1S/C8H14N2.BrH/c1-4-8(2,3)10-6-5-9-7-10;/h5-7H,4H2,1-3H3;1H. The van der Waals surface area contributed by atoms with Crippen LogP contribution in [-0.4, -0.2) is 9.55 Å². The zero-order chi connectivity index (χ0) is 7.61. The molecular formula is C8H15BrN2. The minimum Gasteiger partial charge on any atom is -0.332 e. The summed E-state index contributed by atoms with van der Waals surface area (Å²) in [7, 11) is 0. The van der Waals surface area contributed by atoms with Gasteiger partial charge in [-0.3, -0.25) is 0 Å². The molecule has 0 saturated carbocycles. The molecule has 0 saturated heterocycles. The van der Waals surface area contributed by atoms with Crippen molar-refractivity contribution >= 4 is 17.0 Å². The van der Waals surface area contributed by atoms with Crippen LogP contribution in [0.2, 0.25) is 0 Å². The number of hydrogen-bond donors (Lipinski definition) is 0. The van der Waals surface area contributed by atoms with Crippen LogP contribution in [0.1, 0.15) is 27.2 Å². The summed E-state index contributed by atoms with van der Waals surface area (Å²) in [5.74, 6) is 0. The summed E-state index contributed by atoms with van der Waals surface area (Å²) in [4.78, 5) is 4.00. The maximum Gasteiger partial charge on any atom is 0.0950 e. The lowest BCUT2D eigenvalue weighted by Crippen LogP contribution is -2.23. The molecule has 11 heavy (non-hydrogen) atoms. The molecule has 2 nitrogen and oxygen atoms in total. The van der Waals surface area contributed by atoms with Gasteiger partial charge in [-0.1, -0.05) is 6.92 Å². The minimum atomic E-state index is 0. The fourth-order valence-electron chi connectivity index (χ4n) is 0.800. The highest BCUT2D eigenvalue weighted by molar-refractivity contribution is 8.93. The zero-order valence-corrected chi connectivity index (χ0v) is 8.95. The third kappa shape index (κ3) is 2.33. The van der Waals surface area contributed by atoms with E-state index in [0.29, 0.717) is 0 Å². The first-order chi connectivity index (χ1) is 4.67. The number of aromatic nitrogens is 2. The smallest absolute Gasteiger partial charge is 0.0950 e. The van der Waals surface area contributed by atoms with E-state index in [1.807, 2.05) is 18.7 Å². The van der Waals surface area contributed by atoms with Gasteiger partial charge in [-0.15, -0.1) is 17.0 Å². The zero-order valence-electron chi connectivity index (χ0n) is 7.24. The van der Waals surface area contributed by atoms with Crippen molar-refractivity contribution in [1.82, 2.24) is 9.55 Å². The van der Waals surface area contributed by atoms with Crippen LogP contribution in [0, 0.1) is 0 Å². The maximum absolute atomic E-state index is 4.00. The Morgan fingerprint density at radius 2 is 2.09 bits per heavy atom. The molecule has 0 amide bonds. The van der Waals surface area contributed by atoms with Gasteiger partial charge in [-0.25, -0.2) is 4.98 Å². The van der Waals surface area contributed by atoms with Crippen molar-refractivity contribution in [2.45, 2.75) is 32.7 Å². The Kier molecular flexibility index (Phi) is 3.79.